The number of nitrogens with one attached hydrogen (secondary N) is 1. The normalized spacial score (nSPS) is 14.3. The van der Waals surface area contributed by atoms with E-state index in [2.05, 4.69) is 9.88 Å². The van der Waals surface area contributed by atoms with E-state index in [0.29, 0.717) is 25.1 Å². The molecule has 2 amide bonds. The van der Waals surface area contributed by atoms with E-state index in [4.69, 9.17) is 4.98 Å². The molecule has 1 aliphatic rings. The number of para-hydroxylation sites is 2. The van der Waals surface area contributed by atoms with Crippen molar-refractivity contribution >= 4 is 22.8 Å². The van der Waals surface area contributed by atoms with Crippen LogP contribution in [-0.4, -0.2) is 45.9 Å². The van der Waals surface area contributed by atoms with Crippen LogP contribution in [0.15, 0.2) is 48.5 Å². The molecule has 1 fully saturated rings. The number of imidazole rings is 1. The highest BCUT2D eigenvalue weighted by Gasteiger charge is 2.19. The number of nitrogens with zero attached hydrogens (tertiary/aromatic N) is 3. The van der Waals surface area contributed by atoms with Crippen LogP contribution >= 0.6 is 0 Å². The van der Waals surface area contributed by atoms with Gasteiger partial charge in [-0.3, -0.25) is 9.59 Å². The lowest BCUT2D eigenvalue weighted by Gasteiger charge is -2.21. The van der Waals surface area contributed by atoms with Crippen LogP contribution in [0.3, 0.4) is 0 Å². The van der Waals surface area contributed by atoms with E-state index in [-0.39, 0.29) is 11.8 Å². The second-order valence-corrected chi connectivity index (χ2v) is 8.62. The summed E-state index contributed by atoms with van der Waals surface area (Å²) in [6, 6.07) is 15.6. The SMILES string of the molecule is Cc1ccc(C(=O)NCCCc2nc3ccccc3n2CC(=O)N2CCCCCC2)cc1. The third kappa shape index (κ3) is 5.36. The van der Waals surface area contributed by atoms with Crippen molar-refractivity contribution in [3.8, 4) is 0 Å². The molecule has 0 unspecified atom stereocenters. The molecule has 4 rings (SSSR count). The van der Waals surface area contributed by atoms with Crippen molar-refractivity contribution in [1.29, 1.82) is 0 Å². The minimum Gasteiger partial charge on any atom is -0.352 e. The van der Waals surface area contributed by atoms with Crippen molar-refractivity contribution in [3.63, 3.8) is 0 Å². The standard InChI is InChI=1S/C26H32N4O2/c1-20-12-14-21(15-13-20)26(32)27-16-8-11-24-28-22-9-4-5-10-23(22)30(24)19-25(31)29-17-6-2-3-7-18-29/h4-5,9-10,12-15H,2-3,6-8,11,16-19H2,1H3,(H,27,32). The van der Waals surface area contributed by atoms with Gasteiger partial charge in [0.25, 0.3) is 5.91 Å². The zero-order valence-corrected chi connectivity index (χ0v) is 18.8. The predicted octanol–water partition coefficient (Wildman–Crippen LogP) is 4.11. The van der Waals surface area contributed by atoms with E-state index in [9.17, 15) is 9.59 Å². The van der Waals surface area contributed by atoms with Crippen molar-refractivity contribution < 1.29 is 9.59 Å². The minimum atomic E-state index is -0.0603. The second-order valence-electron chi connectivity index (χ2n) is 8.62. The van der Waals surface area contributed by atoms with E-state index >= 15 is 0 Å². The summed E-state index contributed by atoms with van der Waals surface area (Å²) in [6.07, 6.45) is 6.05. The van der Waals surface area contributed by atoms with E-state index < -0.39 is 0 Å². The van der Waals surface area contributed by atoms with Crippen molar-refractivity contribution in [2.24, 2.45) is 0 Å². The lowest BCUT2D eigenvalue weighted by molar-refractivity contribution is -0.131. The number of aryl methyl sites for hydroxylation is 2. The monoisotopic (exact) mass is 432 g/mol. The summed E-state index contributed by atoms with van der Waals surface area (Å²) in [7, 11) is 0. The smallest absolute Gasteiger partial charge is 0.251 e. The highest BCUT2D eigenvalue weighted by Crippen LogP contribution is 2.18. The summed E-state index contributed by atoms with van der Waals surface area (Å²) >= 11 is 0. The van der Waals surface area contributed by atoms with E-state index in [0.717, 1.165) is 54.8 Å². The Kier molecular flexibility index (Phi) is 7.20. The molecule has 0 saturated carbocycles. The zero-order valence-electron chi connectivity index (χ0n) is 18.8. The molecule has 0 atom stereocenters. The number of fused-ring (bicyclic) bond motifs is 1. The van der Waals surface area contributed by atoms with Gasteiger partial charge in [-0.1, -0.05) is 42.7 Å². The Balaban J connectivity index is 1.40. The van der Waals surface area contributed by atoms with Crippen LogP contribution in [0, 0.1) is 6.92 Å². The van der Waals surface area contributed by atoms with Gasteiger partial charge in [-0.15, -0.1) is 0 Å². The van der Waals surface area contributed by atoms with Gasteiger partial charge in [-0.2, -0.15) is 0 Å². The molecule has 1 aromatic heterocycles. The second kappa shape index (κ2) is 10.4. The van der Waals surface area contributed by atoms with Crippen molar-refractivity contribution in [2.45, 2.75) is 52.0 Å². The first-order chi connectivity index (χ1) is 15.6. The molecule has 0 spiro atoms. The highest BCUT2D eigenvalue weighted by atomic mass is 16.2. The number of hydrogen-bond donors (Lipinski definition) is 1. The summed E-state index contributed by atoms with van der Waals surface area (Å²) in [5.74, 6) is 1.01. The molecule has 0 radical (unpaired) electrons. The molecular weight excluding hydrogens is 400 g/mol. The molecule has 1 N–H and O–H groups in total. The summed E-state index contributed by atoms with van der Waals surface area (Å²) in [6.45, 7) is 4.60. The maximum absolute atomic E-state index is 13.0. The Morgan fingerprint density at radius 1 is 0.969 bits per heavy atom. The van der Waals surface area contributed by atoms with Gasteiger partial charge in [0.1, 0.15) is 12.4 Å². The summed E-state index contributed by atoms with van der Waals surface area (Å²) < 4.78 is 2.06. The quantitative estimate of drug-likeness (QED) is 0.572. The van der Waals surface area contributed by atoms with Crippen molar-refractivity contribution in [3.05, 3.63) is 65.5 Å². The number of aromatic nitrogens is 2. The van der Waals surface area contributed by atoms with Gasteiger partial charge in [0.2, 0.25) is 5.91 Å². The predicted molar refractivity (Wildman–Crippen MR) is 127 cm³/mol. The Hall–Kier alpha value is -3.15. The van der Waals surface area contributed by atoms with Gasteiger partial charge in [0.05, 0.1) is 11.0 Å². The molecule has 32 heavy (non-hydrogen) atoms. The fourth-order valence-corrected chi connectivity index (χ4v) is 4.30. The molecular formula is C26H32N4O2. The Morgan fingerprint density at radius 2 is 1.69 bits per heavy atom. The molecule has 2 heterocycles. The van der Waals surface area contributed by atoms with E-state index in [1.807, 2.05) is 60.4 Å². The third-order valence-corrected chi connectivity index (χ3v) is 6.16. The number of carbonyl (C=O) groups excluding carboxylic acids is 2. The number of rotatable bonds is 7. The number of carbonyl (C=O) groups is 2. The fraction of sp³-hybridized carbons (Fsp3) is 0.423. The van der Waals surface area contributed by atoms with Crippen molar-refractivity contribution in [1.82, 2.24) is 19.8 Å². The lowest BCUT2D eigenvalue weighted by atomic mass is 10.1. The summed E-state index contributed by atoms with van der Waals surface area (Å²) in [5, 5.41) is 2.99. The average molecular weight is 433 g/mol. The van der Waals surface area contributed by atoms with Gasteiger partial charge in [0, 0.05) is 31.6 Å². The Bertz CT molecular complexity index is 1060. The molecule has 6 nitrogen and oxygen atoms in total. The number of amides is 2. The van der Waals surface area contributed by atoms with Crippen LogP contribution in [0.25, 0.3) is 11.0 Å². The number of hydrogen-bond acceptors (Lipinski definition) is 3. The fourth-order valence-electron chi connectivity index (χ4n) is 4.30. The number of likely N-dealkylation sites (tertiary alicyclic amines) is 1. The minimum absolute atomic E-state index is 0.0603. The first-order valence-corrected chi connectivity index (χ1v) is 11.7. The van der Waals surface area contributed by atoms with Gasteiger partial charge in [-0.25, -0.2) is 4.98 Å². The maximum atomic E-state index is 13.0. The molecule has 1 saturated heterocycles. The lowest BCUT2D eigenvalue weighted by Crippen LogP contribution is -2.35. The molecule has 0 bridgehead atoms. The topological polar surface area (TPSA) is 67.2 Å². The van der Waals surface area contributed by atoms with Gasteiger partial charge >= 0.3 is 0 Å². The molecule has 2 aromatic carbocycles. The summed E-state index contributed by atoms with van der Waals surface area (Å²) in [5.41, 5.74) is 3.71. The molecule has 1 aliphatic heterocycles. The van der Waals surface area contributed by atoms with Gasteiger partial charge in [-0.05, 0) is 50.5 Å². The zero-order chi connectivity index (χ0) is 22.3. The van der Waals surface area contributed by atoms with E-state index in [1.165, 1.54) is 12.8 Å². The van der Waals surface area contributed by atoms with E-state index in [1.54, 1.807) is 0 Å². The molecule has 6 heteroatoms. The van der Waals surface area contributed by atoms with Crippen LogP contribution in [0.1, 0.15) is 53.8 Å². The first kappa shape index (κ1) is 22.1. The van der Waals surface area contributed by atoms with Gasteiger partial charge in [0.15, 0.2) is 0 Å². The maximum Gasteiger partial charge on any atom is 0.251 e. The largest absolute Gasteiger partial charge is 0.352 e. The summed E-state index contributed by atoms with van der Waals surface area (Å²) in [4.78, 5) is 32.2. The number of benzene rings is 2. The average Bonchev–Trinajstić information content (AvgIpc) is 2.96. The molecule has 168 valence electrons. The molecule has 0 aliphatic carbocycles. The van der Waals surface area contributed by atoms with Crippen LogP contribution in [-0.2, 0) is 17.8 Å². The Labute approximate surface area is 189 Å². The third-order valence-electron chi connectivity index (χ3n) is 6.16. The molecule has 3 aromatic rings. The first-order valence-electron chi connectivity index (χ1n) is 11.7. The van der Waals surface area contributed by atoms with Crippen molar-refractivity contribution in [2.75, 3.05) is 19.6 Å². The van der Waals surface area contributed by atoms with Crippen LogP contribution in [0.5, 0.6) is 0 Å². The van der Waals surface area contributed by atoms with Crippen LogP contribution in [0.2, 0.25) is 0 Å². The highest BCUT2D eigenvalue weighted by molar-refractivity contribution is 5.94. The van der Waals surface area contributed by atoms with Gasteiger partial charge < -0.3 is 14.8 Å². The van der Waals surface area contributed by atoms with Crippen LogP contribution in [0.4, 0.5) is 0 Å². The Morgan fingerprint density at radius 3 is 2.44 bits per heavy atom. The van der Waals surface area contributed by atoms with Crippen LogP contribution < -0.4 is 5.32 Å².